The third-order valence-electron chi connectivity index (χ3n) is 4.35. The van der Waals surface area contributed by atoms with Crippen LogP contribution in [0.2, 0.25) is 0 Å². The third kappa shape index (κ3) is 5.23. The largest absolute Gasteiger partial charge is 0.497 e. The minimum absolute atomic E-state index is 0.172. The number of hydrogen-bond acceptors (Lipinski definition) is 6. The van der Waals surface area contributed by atoms with E-state index >= 15 is 0 Å². The van der Waals surface area contributed by atoms with Gasteiger partial charge in [-0.3, -0.25) is 19.2 Å². The molecule has 156 valence electrons. The maximum atomic E-state index is 12.9. The lowest BCUT2D eigenvalue weighted by atomic mass is 10.1. The maximum absolute atomic E-state index is 12.9. The molecule has 0 bridgehead atoms. The lowest BCUT2D eigenvalue weighted by Crippen LogP contribution is -2.47. The van der Waals surface area contributed by atoms with Crippen LogP contribution in [0.3, 0.4) is 0 Å². The number of nitrogens with zero attached hydrogens (tertiary/aromatic N) is 2. The number of ether oxygens (including phenoxy) is 1. The Kier molecular flexibility index (Phi) is 6.80. The molecule has 2 rings (SSSR count). The number of non-ortho nitro benzene ring substituents is 1. The number of nitro benzene ring substituents is 1. The standard InChI is InChI=1S/C19H23N3O6S/c1-5-18(19(23)20-17-12-15(22(24)25)7-6-13(17)2)21(29(4,26)27)14-8-10-16(28-3)11-9-14/h6-12,18H,5H2,1-4H3,(H,20,23)/t18-/m0/s1. The molecule has 10 heteroatoms. The number of nitrogens with one attached hydrogen (secondary N) is 1. The van der Waals surface area contributed by atoms with Crippen molar-refractivity contribution in [2.45, 2.75) is 26.3 Å². The average molecular weight is 421 g/mol. The van der Waals surface area contributed by atoms with E-state index in [1.165, 1.54) is 25.3 Å². The number of rotatable bonds is 8. The summed E-state index contributed by atoms with van der Waals surface area (Å²) in [6.07, 6.45) is 1.21. The molecule has 0 unspecified atom stereocenters. The second kappa shape index (κ2) is 8.91. The summed E-state index contributed by atoms with van der Waals surface area (Å²) in [7, 11) is -2.30. The van der Waals surface area contributed by atoms with Gasteiger partial charge in [0.2, 0.25) is 15.9 Å². The highest BCUT2D eigenvalue weighted by Crippen LogP contribution is 2.27. The van der Waals surface area contributed by atoms with Crippen LogP contribution in [0.4, 0.5) is 17.1 Å². The number of sulfonamides is 1. The topological polar surface area (TPSA) is 119 Å². The van der Waals surface area contributed by atoms with Crippen molar-refractivity contribution in [3.63, 3.8) is 0 Å². The van der Waals surface area contributed by atoms with Gasteiger partial charge < -0.3 is 10.1 Å². The average Bonchev–Trinajstić information content (AvgIpc) is 2.66. The van der Waals surface area contributed by atoms with E-state index in [-0.39, 0.29) is 17.8 Å². The predicted octanol–water partition coefficient (Wildman–Crippen LogP) is 3.10. The third-order valence-corrected chi connectivity index (χ3v) is 5.53. The highest BCUT2D eigenvalue weighted by molar-refractivity contribution is 7.92. The maximum Gasteiger partial charge on any atom is 0.271 e. The smallest absolute Gasteiger partial charge is 0.271 e. The molecule has 0 fully saturated rings. The summed E-state index contributed by atoms with van der Waals surface area (Å²) in [6.45, 7) is 3.38. The van der Waals surface area contributed by atoms with Gasteiger partial charge in [0, 0.05) is 12.1 Å². The number of methoxy groups -OCH3 is 1. The second-order valence-electron chi connectivity index (χ2n) is 6.43. The van der Waals surface area contributed by atoms with Gasteiger partial charge in [-0.25, -0.2) is 8.42 Å². The van der Waals surface area contributed by atoms with Gasteiger partial charge in [-0.15, -0.1) is 0 Å². The normalized spacial score (nSPS) is 12.1. The monoisotopic (exact) mass is 421 g/mol. The van der Waals surface area contributed by atoms with Gasteiger partial charge in [-0.05, 0) is 43.2 Å². The Morgan fingerprint density at radius 1 is 1.24 bits per heavy atom. The molecule has 0 saturated carbocycles. The van der Waals surface area contributed by atoms with Crippen molar-refractivity contribution in [2.75, 3.05) is 23.0 Å². The summed E-state index contributed by atoms with van der Waals surface area (Å²) >= 11 is 0. The van der Waals surface area contributed by atoms with Crippen molar-refractivity contribution in [3.05, 3.63) is 58.1 Å². The Morgan fingerprint density at radius 3 is 2.34 bits per heavy atom. The number of carbonyl (C=O) groups is 1. The lowest BCUT2D eigenvalue weighted by molar-refractivity contribution is -0.384. The van der Waals surface area contributed by atoms with Crippen LogP contribution in [0.1, 0.15) is 18.9 Å². The Labute approximate surface area is 169 Å². The van der Waals surface area contributed by atoms with Gasteiger partial charge in [0.25, 0.3) is 5.69 Å². The number of carbonyl (C=O) groups excluding carboxylic acids is 1. The molecule has 0 aromatic heterocycles. The molecule has 0 aliphatic carbocycles. The zero-order valence-corrected chi connectivity index (χ0v) is 17.4. The van der Waals surface area contributed by atoms with Crippen LogP contribution in [0.15, 0.2) is 42.5 Å². The summed E-state index contributed by atoms with van der Waals surface area (Å²) < 4.78 is 31.1. The molecule has 1 N–H and O–H groups in total. The molecule has 0 aliphatic rings. The Bertz CT molecular complexity index is 1010. The Balaban J connectivity index is 2.41. The fraction of sp³-hybridized carbons (Fsp3) is 0.316. The Morgan fingerprint density at radius 2 is 1.86 bits per heavy atom. The van der Waals surface area contributed by atoms with Gasteiger partial charge in [0.1, 0.15) is 11.8 Å². The summed E-state index contributed by atoms with van der Waals surface area (Å²) in [5.74, 6) is -0.0377. The molecular formula is C19H23N3O6S. The molecule has 1 atom stereocenters. The van der Waals surface area contributed by atoms with E-state index in [9.17, 15) is 23.3 Å². The molecule has 0 radical (unpaired) electrons. The summed E-state index contributed by atoms with van der Waals surface area (Å²) in [6, 6.07) is 9.36. The van der Waals surface area contributed by atoms with Crippen LogP contribution >= 0.6 is 0 Å². The van der Waals surface area contributed by atoms with Crippen molar-refractivity contribution < 1.29 is 22.9 Å². The molecule has 0 spiro atoms. The van der Waals surface area contributed by atoms with E-state index in [0.717, 1.165) is 10.6 Å². The van der Waals surface area contributed by atoms with Crippen LogP contribution in [0.5, 0.6) is 5.75 Å². The number of aryl methyl sites for hydroxylation is 1. The molecule has 9 nitrogen and oxygen atoms in total. The minimum Gasteiger partial charge on any atom is -0.497 e. The lowest BCUT2D eigenvalue weighted by Gasteiger charge is -2.30. The number of benzene rings is 2. The molecule has 2 aromatic rings. The quantitative estimate of drug-likeness (QED) is 0.517. The van der Waals surface area contributed by atoms with Crippen molar-refractivity contribution >= 4 is 33.0 Å². The number of amides is 1. The van der Waals surface area contributed by atoms with Crippen molar-refractivity contribution in [1.29, 1.82) is 0 Å². The first-order chi connectivity index (χ1) is 13.6. The molecular weight excluding hydrogens is 398 g/mol. The van der Waals surface area contributed by atoms with E-state index in [0.29, 0.717) is 17.0 Å². The zero-order valence-electron chi connectivity index (χ0n) is 16.6. The van der Waals surface area contributed by atoms with Gasteiger partial charge in [0.05, 0.1) is 29.7 Å². The number of nitro groups is 1. The zero-order chi connectivity index (χ0) is 21.8. The summed E-state index contributed by atoms with van der Waals surface area (Å²) in [5.41, 5.74) is 1.01. The van der Waals surface area contributed by atoms with Crippen LogP contribution in [-0.4, -0.2) is 38.7 Å². The molecule has 0 saturated heterocycles. The molecule has 1 amide bonds. The first-order valence-electron chi connectivity index (χ1n) is 8.77. The van der Waals surface area contributed by atoms with Gasteiger partial charge in [-0.1, -0.05) is 13.0 Å². The van der Waals surface area contributed by atoms with Gasteiger partial charge >= 0.3 is 0 Å². The SMILES string of the molecule is CC[C@@H](C(=O)Nc1cc([N+](=O)[O-])ccc1C)N(c1ccc(OC)cc1)S(C)(=O)=O. The number of anilines is 2. The van der Waals surface area contributed by atoms with Crippen LogP contribution < -0.4 is 14.4 Å². The minimum atomic E-state index is -3.79. The van der Waals surface area contributed by atoms with Crippen molar-refractivity contribution in [2.24, 2.45) is 0 Å². The first-order valence-corrected chi connectivity index (χ1v) is 10.6. The highest BCUT2D eigenvalue weighted by Gasteiger charge is 2.32. The highest BCUT2D eigenvalue weighted by atomic mass is 32.2. The molecule has 0 heterocycles. The summed E-state index contributed by atoms with van der Waals surface area (Å²) in [4.78, 5) is 23.4. The van der Waals surface area contributed by atoms with E-state index in [4.69, 9.17) is 4.74 Å². The van der Waals surface area contributed by atoms with E-state index < -0.39 is 26.9 Å². The Hall–Kier alpha value is -3.14. The first kappa shape index (κ1) is 22.2. The van der Waals surface area contributed by atoms with Crippen molar-refractivity contribution in [3.8, 4) is 5.75 Å². The fourth-order valence-electron chi connectivity index (χ4n) is 2.86. The fourth-order valence-corrected chi connectivity index (χ4v) is 4.08. The predicted molar refractivity (Wildman–Crippen MR) is 111 cm³/mol. The molecule has 0 aliphatic heterocycles. The van der Waals surface area contributed by atoms with E-state index in [1.54, 1.807) is 38.1 Å². The second-order valence-corrected chi connectivity index (χ2v) is 8.29. The number of hydrogen-bond donors (Lipinski definition) is 1. The van der Waals surface area contributed by atoms with Gasteiger partial charge in [-0.2, -0.15) is 0 Å². The van der Waals surface area contributed by atoms with E-state index in [2.05, 4.69) is 5.32 Å². The van der Waals surface area contributed by atoms with Crippen molar-refractivity contribution in [1.82, 2.24) is 0 Å². The van der Waals surface area contributed by atoms with Crippen LogP contribution in [0.25, 0.3) is 0 Å². The molecule has 29 heavy (non-hydrogen) atoms. The van der Waals surface area contributed by atoms with E-state index in [1.807, 2.05) is 0 Å². The molecule has 2 aromatic carbocycles. The van der Waals surface area contributed by atoms with Crippen LogP contribution in [-0.2, 0) is 14.8 Å². The summed E-state index contributed by atoms with van der Waals surface area (Å²) in [5, 5.41) is 13.6. The van der Waals surface area contributed by atoms with Gasteiger partial charge in [0.15, 0.2) is 0 Å². The van der Waals surface area contributed by atoms with Crippen LogP contribution in [0, 0.1) is 17.0 Å².